The van der Waals surface area contributed by atoms with Gasteiger partial charge in [0.15, 0.2) is 5.78 Å². The van der Waals surface area contributed by atoms with Gasteiger partial charge in [-0.1, -0.05) is 25.9 Å². The largest absolute Gasteiger partial charge is 0.393 e. The van der Waals surface area contributed by atoms with Gasteiger partial charge in [0.05, 0.1) is 11.8 Å². The first-order chi connectivity index (χ1) is 25.3. The zero-order valence-electron chi connectivity index (χ0n) is 32.4. The summed E-state index contributed by atoms with van der Waals surface area (Å²) in [6, 6.07) is -0.654. The first-order valence-corrected chi connectivity index (χ1v) is 21.5. The Balaban J connectivity index is 0.997. The molecule has 4 saturated carbocycles. The van der Waals surface area contributed by atoms with Crippen LogP contribution in [-0.2, 0) is 19.2 Å². The Morgan fingerprint density at radius 1 is 1.09 bits per heavy atom. The molecule has 3 unspecified atom stereocenters. The van der Waals surface area contributed by atoms with E-state index < -0.39 is 6.04 Å². The van der Waals surface area contributed by atoms with Crippen molar-refractivity contribution in [3.05, 3.63) is 21.7 Å². The number of nitrogens with zero attached hydrogens (tertiary/aromatic N) is 4. The number of thioether (sulfide) groups is 1. The van der Waals surface area contributed by atoms with Crippen molar-refractivity contribution in [1.82, 2.24) is 10.2 Å². The summed E-state index contributed by atoms with van der Waals surface area (Å²) in [5.41, 5.74) is 10.3. The molecule has 53 heavy (non-hydrogen) atoms. The summed E-state index contributed by atoms with van der Waals surface area (Å²) in [4.78, 5) is 57.4. The fourth-order valence-electron chi connectivity index (χ4n) is 12.4. The number of nitrogens with one attached hydrogen (secondary N) is 1. The maximum atomic E-state index is 13.6. The number of fused-ring (bicyclic) bond motifs is 6. The minimum absolute atomic E-state index is 0.0291. The average molecular weight is 748 g/mol. The lowest BCUT2D eigenvalue weighted by Crippen LogP contribution is -2.70. The van der Waals surface area contributed by atoms with E-state index in [1.165, 1.54) is 44.9 Å². The van der Waals surface area contributed by atoms with Crippen LogP contribution in [0, 0.1) is 64.6 Å². The van der Waals surface area contributed by atoms with Gasteiger partial charge in [0, 0.05) is 49.3 Å². The Bertz CT molecular complexity index is 1570. The molecular weight excluding hydrogens is 687 g/mol. The zero-order chi connectivity index (χ0) is 38.1. The summed E-state index contributed by atoms with van der Waals surface area (Å²) in [5.74, 6) is 6.26. The number of aliphatic hydroxyl groups excluding tert-OH is 1. The number of carbonyl (C=O) groups is 4. The number of azide groups is 1. The van der Waals surface area contributed by atoms with Crippen LogP contribution >= 0.6 is 11.8 Å². The van der Waals surface area contributed by atoms with Crippen molar-refractivity contribution in [1.29, 1.82) is 0 Å². The van der Waals surface area contributed by atoms with Crippen molar-refractivity contribution in [2.45, 2.75) is 148 Å². The molecule has 0 spiro atoms. The van der Waals surface area contributed by atoms with Gasteiger partial charge in [-0.3, -0.25) is 24.1 Å². The van der Waals surface area contributed by atoms with Gasteiger partial charge < -0.3 is 10.4 Å². The second kappa shape index (κ2) is 16.5. The van der Waals surface area contributed by atoms with Crippen molar-refractivity contribution in [3.8, 4) is 12.3 Å². The molecule has 0 aromatic rings. The van der Waals surface area contributed by atoms with Crippen LogP contribution in [0.15, 0.2) is 16.4 Å². The van der Waals surface area contributed by atoms with Crippen molar-refractivity contribution < 1.29 is 24.3 Å². The second-order valence-corrected chi connectivity index (χ2v) is 19.2. The Hall–Kier alpha value is -2.80. The minimum atomic E-state index is -0.654. The fourth-order valence-corrected chi connectivity index (χ4v) is 13.7. The summed E-state index contributed by atoms with van der Waals surface area (Å²) in [6.07, 6.45) is 18.7. The van der Waals surface area contributed by atoms with Crippen LogP contribution in [0.2, 0.25) is 0 Å². The number of rotatable bonds is 15. The normalized spacial score (nSPS) is 37.1. The third kappa shape index (κ3) is 7.85. The fraction of sp³-hybridized carbons (Fsp3) is 0.810. The maximum Gasteiger partial charge on any atom is 0.253 e. The van der Waals surface area contributed by atoms with Crippen LogP contribution in [0.4, 0.5) is 0 Å². The van der Waals surface area contributed by atoms with Gasteiger partial charge in [-0.25, -0.2) is 0 Å². The van der Waals surface area contributed by atoms with Crippen molar-refractivity contribution in [2.24, 2.45) is 57.4 Å². The number of β-lactam (4-membered cyclic amide) rings is 1. The molecule has 6 rings (SSSR count). The van der Waals surface area contributed by atoms with E-state index in [-0.39, 0.29) is 73.0 Å². The third-order valence-electron chi connectivity index (χ3n) is 15.1. The molecule has 2 heterocycles. The van der Waals surface area contributed by atoms with Crippen LogP contribution in [-0.4, -0.2) is 63.2 Å². The van der Waals surface area contributed by atoms with Gasteiger partial charge in [-0.2, -0.15) is 0 Å². The second-order valence-electron chi connectivity index (χ2n) is 18.1. The summed E-state index contributed by atoms with van der Waals surface area (Å²) in [7, 11) is 0. The number of terminal acetylenes is 1. The molecule has 5 fully saturated rings. The van der Waals surface area contributed by atoms with Crippen LogP contribution in [0.25, 0.3) is 10.4 Å². The standard InChI is InChI=1S/C42H61N5O5S/c1-6-8-27(21-29(48)9-7-20-44-46-43)22-35(50)38-26(3)24-53-40-37(39(52)47(38)40)45-36(51)15-10-25(2)32-13-14-33-31-12-11-28-23-30(49)16-18-41(28,4)34(31)17-19-42(32,33)5/h1,25,27-28,30-34,37,40,49H,7-24H2,2-5H3,(H,45,51)/t25-,27?,28-,30-,31+,32-,33+,34+,37?,40?,41+,42-/m1/s1. The third-order valence-corrected chi connectivity index (χ3v) is 16.6. The predicted octanol–water partition coefficient (Wildman–Crippen LogP) is 7.74. The molecule has 0 aromatic carbocycles. The lowest BCUT2D eigenvalue weighted by atomic mass is 9.44. The molecular formula is C42H61N5O5S. The predicted molar refractivity (Wildman–Crippen MR) is 207 cm³/mol. The van der Waals surface area contributed by atoms with Gasteiger partial charge in [0.25, 0.3) is 5.91 Å². The Morgan fingerprint density at radius 3 is 2.60 bits per heavy atom. The van der Waals surface area contributed by atoms with E-state index in [1.54, 1.807) is 16.7 Å². The van der Waals surface area contributed by atoms with Gasteiger partial charge >= 0.3 is 0 Å². The molecule has 2 aliphatic heterocycles. The monoisotopic (exact) mass is 747 g/mol. The summed E-state index contributed by atoms with van der Waals surface area (Å²) >= 11 is 1.57. The first-order valence-electron chi connectivity index (χ1n) is 20.4. The SMILES string of the molecule is C#CCC(CC(=O)CCCN=[N+]=[N-])CC(=O)C1=C(C)CSC2C(NC(=O)CC[C@@H](C)[C@H]3CC[C@H]4[C@@H]5CC[C@@H]6C[C@H](O)CC[C@]6(C)[C@H]5CC[C@]34C)C(=O)N12. The Kier molecular flexibility index (Phi) is 12.4. The van der Waals surface area contributed by atoms with E-state index in [1.807, 2.05) is 6.92 Å². The molecule has 12 atom stereocenters. The van der Waals surface area contributed by atoms with Crippen molar-refractivity contribution in [3.63, 3.8) is 0 Å². The molecule has 11 heteroatoms. The Labute approximate surface area is 320 Å². The van der Waals surface area contributed by atoms with Crippen LogP contribution < -0.4 is 5.32 Å². The van der Waals surface area contributed by atoms with E-state index in [0.29, 0.717) is 52.9 Å². The number of amides is 2. The summed E-state index contributed by atoms with van der Waals surface area (Å²) in [6.45, 7) is 9.54. The molecule has 10 nitrogen and oxygen atoms in total. The van der Waals surface area contributed by atoms with E-state index in [4.69, 9.17) is 12.0 Å². The molecule has 2 amide bonds. The average Bonchev–Trinajstić information content (AvgIpc) is 3.49. The molecule has 0 radical (unpaired) electrons. The van der Waals surface area contributed by atoms with Gasteiger partial charge in [0.2, 0.25) is 5.91 Å². The number of aliphatic hydroxyl groups is 1. The van der Waals surface area contributed by atoms with E-state index in [9.17, 15) is 24.3 Å². The topological polar surface area (TPSA) is 153 Å². The molecule has 6 aliphatic rings. The van der Waals surface area contributed by atoms with E-state index in [2.05, 4.69) is 42.0 Å². The van der Waals surface area contributed by atoms with E-state index in [0.717, 1.165) is 42.6 Å². The van der Waals surface area contributed by atoms with Crippen molar-refractivity contribution >= 4 is 35.1 Å². The lowest BCUT2D eigenvalue weighted by molar-refractivity contribution is -0.147. The molecule has 2 N–H and O–H groups in total. The highest BCUT2D eigenvalue weighted by Gasteiger charge is 2.60. The molecule has 1 saturated heterocycles. The highest BCUT2D eigenvalue weighted by molar-refractivity contribution is 8.00. The number of hydrogen-bond donors (Lipinski definition) is 2. The summed E-state index contributed by atoms with van der Waals surface area (Å²) in [5, 5.41) is 16.6. The lowest BCUT2D eigenvalue weighted by Gasteiger charge is -2.61. The van der Waals surface area contributed by atoms with Crippen molar-refractivity contribution in [2.75, 3.05) is 12.3 Å². The molecule has 0 bridgehead atoms. The molecule has 290 valence electrons. The molecule has 4 aliphatic carbocycles. The number of carbonyl (C=O) groups excluding carboxylic acids is 4. The first kappa shape index (κ1) is 39.9. The highest BCUT2D eigenvalue weighted by Crippen LogP contribution is 2.68. The number of hydrogen-bond acceptors (Lipinski definition) is 7. The Morgan fingerprint density at radius 2 is 1.85 bits per heavy atom. The quantitative estimate of drug-likeness (QED) is 0.0437. The van der Waals surface area contributed by atoms with Crippen LogP contribution in [0.3, 0.4) is 0 Å². The van der Waals surface area contributed by atoms with E-state index >= 15 is 0 Å². The number of allylic oxidation sites excluding steroid dienone is 1. The maximum absolute atomic E-state index is 13.6. The van der Waals surface area contributed by atoms with Gasteiger partial charge in [-0.05, 0) is 141 Å². The summed E-state index contributed by atoms with van der Waals surface area (Å²) < 4.78 is 0. The number of ketones is 2. The van der Waals surface area contributed by atoms with Crippen LogP contribution in [0.1, 0.15) is 130 Å². The van der Waals surface area contributed by atoms with Gasteiger partial charge in [0.1, 0.15) is 17.2 Å². The minimum Gasteiger partial charge on any atom is -0.393 e. The van der Waals surface area contributed by atoms with Gasteiger partial charge in [-0.15, -0.1) is 24.1 Å². The smallest absolute Gasteiger partial charge is 0.253 e. The molecule has 0 aromatic heterocycles. The zero-order valence-corrected chi connectivity index (χ0v) is 33.2. The highest BCUT2D eigenvalue weighted by atomic mass is 32.2. The number of Topliss-reactive ketones (excluding diaryl/α,β-unsaturated/α-hetero) is 2. The van der Waals surface area contributed by atoms with Crippen LogP contribution in [0.5, 0.6) is 0 Å².